The number of anilines is 1. The van der Waals surface area contributed by atoms with Gasteiger partial charge in [-0.15, -0.1) is 0 Å². The summed E-state index contributed by atoms with van der Waals surface area (Å²) >= 11 is 0. The van der Waals surface area contributed by atoms with E-state index in [4.69, 9.17) is 0 Å². The predicted molar refractivity (Wildman–Crippen MR) is 122 cm³/mol. The molecule has 0 spiro atoms. The fraction of sp³-hybridized carbons (Fsp3) is 0. The van der Waals surface area contributed by atoms with Crippen molar-refractivity contribution in [3.63, 3.8) is 0 Å². The lowest BCUT2D eigenvalue weighted by molar-refractivity contribution is -0.118. The zero-order chi connectivity index (χ0) is 21.0. The van der Waals surface area contributed by atoms with Crippen molar-refractivity contribution in [3.05, 3.63) is 115 Å². The van der Waals surface area contributed by atoms with Crippen LogP contribution in [0, 0.1) is 0 Å². The van der Waals surface area contributed by atoms with Crippen LogP contribution in [-0.4, -0.2) is 15.7 Å². The molecule has 0 atom stereocenters. The molecule has 0 unspecified atom stereocenters. The molecule has 0 bridgehead atoms. The van der Waals surface area contributed by atoms with Gasteiger partial charge in [-0.3, -0.25) is 15.6 Å². The lowest BCUT2D eigenvalue weighted by Crippen LogP contribution is -2.43. The fourth-order valence-electron chi connectivity index (χ4n) is 3.43. The minimum absolute atomic E-state index is 0.201. The van der Waals surface area contributed by atoms with Gasteiger partial charge in [-0.25, -0.2) is 5.43 Å². The lowest BCUT2D eigenvalue weighted by Gasteiger charge is -2.16. The standard InChI is InChI=1S/C25H21N5O/c31-25-24(27-30(28-25)26-22-6-2-1-3-7-22)18-19-8-10-20(11-9-19)21-12-14-23(15-13-21)29-16-4-5-17-29/h1-18,26-27H,(H,28,31). The molecule has 0 aliphatic carbocycles. The number of aromatic nitrogens is 1. The number of hydrogen-bond donors (Lipinski definition) is 3. The molecular weight excluding hydrogens is 386 g/mol. The summed E-state index contributed by atoms with van der Waals surface area (Å²) in [6.45, 7) is 0. The Morgan fingerprint density at radius 1 is 0.710 bits per heavy atom. The number of carbonyl (C=O) groups excluding carboxylic acids is 1. The summed E-state index contributed by atoms with van der Waals surface area (Å²) in [5, 5.41) is 1.45. The van der Waals surface area contributed by atoms with E-state index in [1.165, 1.54) is 5.23 Å². The number of nitrogens with zero attached hydrogens (tertiary/aromatic N) is 2. The van der Waals surface area contributed by atoms with Crippen LogP contribution in [0.1, 0.15) is 5.56 Å². The highest BCUT2D eigenvalue weighted by Crippen LogP contribution is 2.22. The number of hydrogen-bond acceptors (Lipinski definition) is 4. The summed E-state index contributed by atoms with van der Waals surface area (Å²) < 4.78 is 2.08. The van der Waals surface area contributed by atoms with Gasteiger partial charge in [-0.05, 0) is 64.4 Å². The van der Waals surface area contributed by atoms with Gasteiger partial charge in [0.25, 0.3) is 5.91 Å². The second-order valence-corrected chi connectivity index (χ2v) is 7.18. The van der Waals surface area contributed by atoms with Gasteiger partial charge in [0.1, 0.15) is 5.70 Å². The summed E-state index contributed by atoms with van der Waals surface area (Å²) in [6, 6.07) is 30.2. The second kappa shape index (κ2) is 8.22. The van der Waals surface area contributed by atoms with Gasteiger partial charge >= 0.3 is 0 Å². The Balaban J connectivity index is 1.27. The predicted octanol–water partition coefficient (Wildman–Crippen LogP) is 4.36. The van der Waals surface area contributed by atoms with Crippen LogP contribution in [0.4, 0.5) is 5.69 Å². The summed E-state index contributed by atoms with van der Waals surface area (Å²) in [5.41, 5.74) is 14.5. The summed E-state index contributed by atoms with van der Waals surface area (Å²) in [7, 11) is 0. The highest BCUT2D eigenvalue weighted by Gasteiger charge is 2.23. The summed E-state index contributed by atoms with van der Waals surface area (Å²) in [6.07, 6.45) is 5.88. The highest BCUT2D eigenvalue weighted by molar-refractivity contribution is 5.98. The molecule has 0 saturated carbocycles. The van der Waals surface area contributed by atoms with E-state index in [1.807, 2.05) is 73.1 Å². The molecular formula is C25H21N5O. The third kappa shape index (κ3) is 4.19. The van der Waals surface area contributed by atoms with Crippen molar-refractivity contribution in [3.8, 4) is 16.8 Å². The van der Waals surface area contributed by atoms with Gasteiger partial charge in [0.05, 0.1) is 5.69 Å². The maximum absolute atomic E-state index is 12.3. The van der Waals surface area contributed by atoms with Gasteiger partial charge in [0, 0.05) is 18.1 Å². The van der Waals surface area contributed by atoms with Crippen LogP contribution in [0.25, 0.3) is 22.9 Å². The number of carbonyl (C=O) groups is 1. The SMILES string of the molecule is O=C1NN(Nc2ccccc2)NC1=Cc1ccc(-c2ccc(-n3cccc3)cc2)cc1. The van der Waals surface area contributed by atoms with Crippen molar-refractivity contribution in [2.45, 2.75) is 0 Å². The number of nitrogens with one attached hydrogen (secondary N) is 3. The average molecular weight is 407 g/mol. The van der Waals surface area contributed by atoms with Crippen molar-refractivity contribution >= 4 is 17.7 Å². The molecule has 152 valence electrons. The Labute approximate surface area is 180 Å². The van der Waals surface area contributed by atoms with E-state index in [0.29, 0.717) is 5.70 Å². The molecule has 1 aliphatic rings. The normalized spacial score (nSPS) is 15.0. The van der Waals surface area contributed by atoms with E-state index in [1.54, 1.807) is 0 Å². The number of amides is 1. The van der Waals surface area contributed by atoms with Crippen LogP contribution in [-0.2, 0) is 4.79 Å². The van der Waals surface area contributed by atoms with E-state index < -0.39 is 0 Å². The fourth-order valence-corrected chi connectivity index (χ4v) is 3.43. The molecule has 6 nitrogen and oxygen atoms in total. The Hall–Kier alpha value is -4.29. The molecule has 3 aromatic carbocycles. The summed E-state index contributed by atoms with van der Waals surface area (Å²) in [5.74, 6) is -0.201. The Morgan fingerprint density at radius 3 is 2.03 bits per heavy atom. The highest BCUT2D eigenvalue weighted by atomic mass is 16.2. The van der Waals surface area contributed by atoms with Crippen LogP contribution in [0.15, 0.2) is 109 Å². The summed E-state index contributed by atoms with van der Waals surface area (Å²) in [4.78, 5) is 12.3. The van der Waals surface area contributed by atoms with Gasteiger partial charge in [-0.1, -0.05) is 54.6 Å². The lowest BCUT2D eigenvalue weighted by atomic mass is 10.0. The maximum atomic E-state index is 12.3. The molecule has 1 fully saturated rings. The Morgan fingerprint density at radius 2 is 1.35 bits per heavy atom. The van der Waals surface area contributed by atoms with Gasteiger partial charge in [-0.2, -0.15) is 0 Å². The van der Waals surface area contributed by atoms with E-state index in [2.05, 4.69) is 57.2 Å². The second-order valence-electron chi connectivity index (χ2n) is 7.18. The number of benzene rings is 3. The molecule has 3 N–H and O–H groups in total. The first kappa shape index (κ1) is 18.7. The first-order chi connectivity index (χ1) is 15.2. The molecule has 1 aliphatic heterocycles. The molecule has 1 saturated heterocycles. The quantitative estimate of drug-likeness (QED) is 0.430. The van der Waals surface area contributed by atoms with Crippen molar-refractivity contribution < 1.29 is 4.79 Å². The van der Waals surface area contributed by atoms with Gasteiger partial charge in [0.15, 0.2) is 0 Å². The largest absolute Gasteiger partial charge is 0.324 e. The zero-order valence-electron chi connectivity index (χ0n) is 16.7. The third-order valence-corrected chi connectivity index (χ3v) is 5.03. The maximum Gasteiger partial charge on any atom is 0.286 e. The first-order valence-electron chi connectivity index (χ1n) is 10.00. The van der Waals surface area contributed by atoms with Crippen molar-refractivity contribution in [2.24, 2.45) is 0 Å². The van der Waals surface area contributed by atoms with Crippen molar-refractivity contribution in [1.29, 1.82) is 0 Å². The molecule has 0 radical (unpaired) electrons. The monoisotopic (exact) mass is 407 g/mol. The first-order valence-corrected chi connectivity index (χ1v) is 10.00. The molecule has 31 heavy (non-hydrogen) atoms. The molecule has 1 amide bonds. The zero-order valence-corrected chi connectivity index (χ0v) is 16.7. The number of rotatable bonds is 5. The van der Waals surface area contributed by atoms with Gasteiger partial charge < -0.3 is 4.57 Å². The van der Waals surface area contributed by atoms with E-state index >= 15 is 0 Å². The van der Waals surface area contributed by atoms with E-state index in [-0.39, 0.29) is 5.91 Å². The molecule has 2 heterocycles. The Bertz CT molecular complexity index is 1200. The average Bonchev–Trinajstić information content (AvgIpc) is 3.46. The van der Waals surface area contributed by atoms with E-state index in [9.17, 15) is 4.79 Å². The topological polar surface area (TPSA) is 61.3 Å². The van der Waals surface area contributed by atoms with Gasteiger partial charge in [0.2, 0.25) is 0 Å². The van der Waals surface area contributed by atoms with Crippen LogP contribution >= 0.6 is 0 Å². The van der Waals surface area contributed by atoms with Crippen molar-refractivity contribution in [2.75, 3.05) is 5.43 Å². The molecule has 4 aromatic rings. The van der Waals surface area contributed by atoms with E-state index in [0.717, 1.165) is 28.1 Å². The number of hydrazine groups is 3. The molecule has 6 heteroatoms. The molecule has 1 aromatic heterocycles. The number of para-hydroxylation sites is 1. The Kier molecular flexibility index (Phi) is 4.96. The van der Waals surface area contributed by atoms with Crippen LogP contribution in [0.2, 0.25) is 0 Å². The minimum Gasteiger partial charge on any atom is -0.324 e. The van der Waals surface area contributed by atoms with Crippen molar-refractivity contribution in [1.82, 2.24) is 20.6 Å². The van der Waals surface area contributed by atoms with Crippen LogP contribution in [0.5, 0.6) is 0 Å². The van der Waals surface area contributed by atoms with Crippen LogP contribution in [0.3, 0.4) is 0 Å². The molecule has 5 rings (SSSR count). The van der Waals surface area contributed by atoms with Crippen LogP contribution < -0.4 is 16.3 Å². The smallest absolute Gasteiger partial charge is 0.286 e. The minimum atomic E-state index is -0.201. The third-order valence-electron chi connectivity index (χ3n) is 5.03.